The maximum Gasteiger partial charge on any atom is 0.335 e. The van der Waals surface area contributed by atoms with Gasteiger partial charge in [0.1, 0.15) is 0 Å². The van der Waals surface area contributed by atoms with Crippen LogP contribution in [-0.4, -0.2) is 28.7 Å². The zero-order valence-corrected chi connectivity index (χ0v) is 14.0. The largest absolute Gasteiger partial charge is 0.478 e. The summed E-state index contributed by atoms with van der Waals surface area (Å²) < 4.78 is 2.23. The fraction of sp³-hybridized carbons (Fsp3) is 0.500. The minimum atomic E-state index is -0.881. The fourth-order valence-electron chi connectivity index (χ4n) is 3.04. The molecule has 0 radical (unpaired) electrons. The number of fused-ring (bicyclic) bond motifs is 1. The summed E-state index contributed by atoms with van der Waals surface area (Å²) in [6.07, 6.45) is 4.80. The first-order chi connectivity index (χ1) is 11.0. The lowest BCUT2D eigenvalue weighted by molar-refractivity contribution is 0.0697. The number of aromatic carboxylic acids is 1. The van der Waals surface area contributed by atoms with Crippen LogP contribution in [0.4, 0.5) is 0 Å². The van der Waals surface area contributed by atoms with Crippen LogP contribution in [0.25, 0.3) is 10.9 Å². The van der Waals surface area contributed by atoms with Crippen LogP contribution in [0, 0.1) is 0 Å². The van der Waals surface area contributed by atoms with Gasteiger partial charge in [0.15, 0.2) is 0 Å². The van der Waals surface area contributed by atoms with Crippen molar-refractivity contribution in [3.63, 3.8) is 0 Å². The number of carboxylic acids is 1. The molecule has 0 saturated heterocycles. The van der Waals surface area contributed by atoms with Gasteiger partial charge in [-0.1, -0.05) is 13.8 Å². The van der Waals surface area contributed by atoms with Crippen molar-refractivity contribution in [3.8, 4) is 0 Å². The summed E-state index contributed by atoms with van der Waals surface area (Å²) in [6, 6.07) is 3.61. The first-order valence-electron chi connectivity index (χ1n) is 8.28. The SMILES string of the molecule is CC(C)c1cc(C(=O)O)cc2c(CCCN)cn(CCCN)c12. The van der Waals surface area contributed by atoms with Crippen LogP contribution in [0.3, 0.4) is 0 Å². The average molecular weight is 317 g/mol. The zero-order valence-electron chi connectivity index (χ0n) is 14.0. The fourth-order valence-corrected chi connectivity index (χ4v) is 3.04. The predicted molar refractivity (Wildman–Crippen MR) is 94.0 cm³/mol. The van der Waals surface area contributed by atoms with Crippen LogP contribution in [0.15, 0.2) is 18.3 Å². The molecule has 0 saturated carbocycles. The second kappa shape index (κ2) is 7.62. The molecule has 23 heavy (non-hydrogen) atoms. The molecule has 5 nitrogen and oxygen atoms in total. The molecule has 0 bridgehead atoms. The maximum absolute atomic E-state index is 11.5. The predicted octanol–water partition coefficient (Wildman–Crippen LogP) is 2.70. The molecule has 126 valence electrons. The molecule has 2 aromatic rings. The van der Waals surface area contributed by atoms with Gasteiger partial charge in [-0.3, -0.25) is 0 Å². The summed E-state index contributed by atoms with van der Waals surface area (Å²) in [5.74, 6) is -0.626. The van der Waals surface area contributed by atoms with Gasteiger partial charge >= 0.3 is 5.97 Å². The molecule has 0 spiro atoms. The number of carboxylic acid groups (broad SMARTS) is 1. The van der Waals surface area contributed by atoms with E-state index in [4.69, 9.17) is 11.5 Å². The highest BCUT2D eigenvalue weighted by Crippen LogP contribution is 2.32. The monoisotopic (exact) mass is 317 g/mol. The van der Waals surface area contributed by atoms with Gasteiger partial charge in [0.25, 0.3) is 0 Å². The molecular weight excluding hydrogens is 290 g/mol. The zero-order chi connectivity index (χ0) is 17.0. The molecule has 0 aliphatic rings. The molecule has 1 heterocycles. The van der Waals surface area contributed by atoms with Crippen LogP contribution in [-0.2, 0) is 13.0 Å². The number of aromatic nitrogens is 1. The van der Waals surface area contributed by atoms with Crippen molar-refractivity contribution in [1.29, 1.82) is 0 Å². The van der Waals surface area contributed by atoms with Crippen molar-refractivity contribution >= 4 is 16.9 Å². The Morgan fingerprint density at radius 2 is 1.91 bits per heavy atom. The quantitative estimate of drug-likeness (QED) is 0.697. The highest BCUT2D eigenvalue weighted by molar-refractivity contribution is 5.97. The van der Waals surface area contributed by atoms with Crippen molar-refractivity contribution in [3.05, 3.63) is 35.0 Å². The molecule has 0 aliphatic heterocycles. The summed E-state index contributed by atoms with van der Waals surface area (Å²) in [4.78, 5) is 11.5. The van der Waals surface area contributed by atoms with Gasteiger partial charge in [0.05, 0.1) is 11.1 Å². The van der Waals surface area contributed by atoms with Gasteiger partial charge in [0, 0.05) is 18.1 Å². The Hall–Kier alpha value is -1.85. The summed E-state index contributed by atoms with van der Waals surface area (Å²) in [7, 11) is 0. The van der Waals surface area contributed by atoms with Crippen molar-refractivity contribution < 1.29 is 9.90 Å². The van der Waals surface area contributed by atoms with Crippen LogP contribution in [0.2, 0.25) is 0 Å². The Morgan fingerprint density at radius 3 is 2.48 bits per heavy atom. The summed E-state index contributed by atoms with van der Waals surface area (Å²) in [6.45, 7) is 6.31. The minimum Gasteiger partial charge on any atom is -0.478 e. The third-order valence-corrected chi connectivity index (χ3v) is 4.21. The summed E-state index contributed by atoms with van der Waals surface area (Å²) in [5.41, 5.74) is 15.1. The first kappa shape index (κ1) is 17.5. The van der Waals surface area contributed by atoms with E-state index in [2.05, 4.69) is 24.6 Å². The smallest absolute Gasteiger partial charge is 0.335 e. The second-order valence-electron chi connectivity index (χ2n) is 6.30. The second-order valence-corrected chi connectivity index (χ2v) is 6.30. The maximum atomic E-state index is 11.5. The minimum absolute atomic E-state index is 0.255. The Kier molecular flexibility index (Phi) is 5.80. The molecule has 0 fully saturated rings. The van der Waals surface area contributed by atoms with Crippen LogP contribution < -0.4 is 11.5 Å². The van der Waals surface area contributed by atoms with Crippen molar-refractivity contribution in [2.45, 2.75) is 45.6 Å². The number of carbonyl (C=O) groups is 1. The molecule has 5 heteroatoms. The number of rotatable bonds is 8. The highest BCUT2D eigenvalue weighted by Gasteiger charge is 2.17. The van der Waals surface area contributed by atoms with Crippen molar-refractivity contribution in [2.75, 3.05) is 13.1 Å². The molecule has 2 rings (SSSR count). The lowest BCUT2D eigenvalue weighted by Gasteiger charge is -2.13. The number of nitrogens with two attached hydrogens (primary N) is 2. The normalized spacial score (nSPS) is 11.5. The van der Waals surface area contributed by atoms with E-state index in [1.54, 1.807) is 12.1 Å². The Balaban J connectivity index is 2.68. The number of nitrogens with zero attached hydrogens (tertiary/aromatic N) is 1. The van der Waals surface area contributed by atoms with E-state index < -0.39 is 5.97 Å². The Bertz CT molecular complexity index is 689. The van der Waals surface area contributed by atoms with Crippen molar-refractivity contribution in [2.24, 2.45) is 11.5 Å². The molecule has 0 unspecified atom stereocenters. The van der Waals surface area contributed by atoms with Crippen molar-refractivity contribution in [1.82, 2.24) is 4.57 Å². The topological polar surface area (TPSA) is 94.3 Å². The van der Waals surface area contributed by atoms with E-state index >= 15 is 0 Å². The van der Waals surface area contributed by atoms with E-state index in [-0.39, 0.29) is 5.92 Å². The molecule has 5 N–H and O–H groups in total. The Labute approximate surface area is 137 Å². The van der Waals surface area contributed by atoms with Gasteiger partial charge in [-0.25, -0.2) is 4.79 Å². The molecule has 0 amide bonds. The van der Waals surface area contributed by atoms with Gasteiger partial charge in [-0.05, 0) is 61.5 Å². The van der Waals surface area contributed by atoms with Gasteiger partial charge < -0.3 is 21.1 Å². The molecule has 1 aromatic heterocycles. The van der Waals surface area contributed by atoms with Crippen LogP contribution in [0.5, 0.6) is 0 Å². The summed E-state index contributed by atoms with van der Waals surface area (Å²) in [5, 5.41) is 10.5. The van der Waals surface area contributed by atoms with Gasteiger partial charge in [-0.2, -0.15) is 0 Å². The van der Waals surface area contributed by atoms with Gasteiger partial charge in [-0.15, -0.1) is 0 Å². The van der Waals surface area contributed by atoms with E-state index in [9.17, 15) is 9.90 Å². The first-order valence-corrected chi connectivity index (χ1v) is 8.28. The third-order valence-electron chi connectivity index (χ3n) is 4.21. The van der Waals surface area contributed by atoms with E-state index in [1.807, 2.05) is 0 Å². The van der Waals surface area contributed by atoms with Gasteiger partial charge in [0.2, 0.25) is 0 Å². The number of aryl methyl sites for hydroxylation is 2. The lowest BCUT2D eigenvalue weighted by atomic mass is 9.95. The summed E-state index contributed by atoms with van der Waals surface area (Å²) >= 11 is 0. The van der Waals surface area contributed by atoms with E-state index in [0.29, 0.717) is 18.7 Å². The van der Waals surface area contributed by atoms with Crippen LogP contribution in [0.1, 0.15) is 54.1 Å². The van der Waals surface area contributed by atoms with E-state index in [0.717, 1.165) is 42.3 Å². The molecule has 0 aliphatic carbocycles. The third kappa shape index (κ3) is 3.74. The number of hydrogen-bond acceptors (Lipinski definition) is 3. The molecule has 1 aromatic carbocycles. The molecular formula is C18H27N3O2. The molecule has 0 atom stereocenters. The number of benzene rings is 1. The van der Waals surface area contributed by atoms with E-state index in [1.165, 1.54) is 5.56 Å². The number of hydrogen-bond donors (Lipinski definition) is 3. The lowest BCUT2D eigenvalue weighted by Crippen LogP contribution is -2.07. The average Bonchev–Trinajstić information content (AvgIpc) is 2.87. The van der Waals surface area contributed by atoms with Crippen LogP contribution >= 0.6 is 0 Å². The Morgan fingerprint density at radius 1 is 1.22 bits per heavy atom. The standard InChI is InChI=1S/C18H27N3O2/c1-12(2)15-9-14(18(22)23)10-16-13(5-3-6-19)11-21(17(15)16)8-4-7-20/h9-12H,3-8,19-20H2,1-2H3,(H,22,23). The highest BCUT2D eigenvalue weighted by atomic mass is 16.4.